The Bertz CT molecular complexity index is 512. The van der Waals surface area contributed by atoms with Crippen LogP contribution in [0.5, 0.6) is 0 Å². The zero-order valence-corrected chi connectivity index (χ0v) is 10.0. The van der Waals surface area contributed by atoms with Crippen molar-refractivity contribution in [3.8, 4) is 0 Å². The Kier molecular flexibility index (Phi) is 3.05. The molecule has 2 rings (SSSR count). The molecule has 0 radical (unpaired) electrons. The van der Waals surface area contributed by atoms with E-state index in [0.717, 1.165) is 0 Å². The molecule has 0 bridgehead atoms. The van der Waals surface area contributed by atoms with Crippen molar-refractivity contribution in [1.29, 1.82) is 0 Å². The molecular weight excluding hydrogens is 236 g/mol. The molecule has 1 atom stereocenters. The topological polar surface area (TPSA) is 92.3 Å². The highest BCUT2D eigenvalue weighted by Crippen LogP contribution is 2.09. The molecule has 1 N–H and O–H groups in total. The summed E-state index contributed by atoms with van der Waals surface area (Å²) in [5.41, 5.74) is 0.807. The van der Waals surface area contributed by atoms with Crippen molar-refractivity contribution in [2.45, 2.75) is 19.9 Å². The van der Waals surface area contributed by atoms with Crippen molar-refractivity contribution in [1.82, 2.24) is 20.2 Å². The minimum atomic E-state index is -0.696. The highest BCUT2D eigenvalue weighted by molar-refractivity contribution is 6.06. The lowest BCUT2D eigenvalue weighted by molar-refractivity contribution is -0.138. The fourth-order valence-corrected chi connectivity index (χ4v) is 1.61. The molecule has 0 saturated carbocycles. The number of imide groups is 1. The lowest BCUT2D eigenvalue weighted by Crippen LogP contribution is -2.58. The van der Waals surface area contributed by atoms with Gasteiger partial charge in [0.25, 0.3) is 5.91 Å². The second-order valence-corrected chi connectivity index (χ2v) is 4.06. The predicted molar refractivity (Wildman–Crippen MR) is 60.4 cm³/mol. The SMILES string of the molecule is Cc1cnc(C(=O)N2CC(=O)NC(=O)C2C)cn1. The monoisotopic (exact) mass is 248 g/mol. The molecule has 1 aromatic rings. The molecule has 1 aliphatic rings. The largest absolute Gasteiger partial charge is 0.316 e. The molecule has 2 heterocycles. The Labute approximate surface area is 103 Å². The molecule has 3 amide bonds. The number of rotatable bonds is 1. The van der Waals surface area contributed by atoms with E-state index in [9.17, 15) is 14.4 Å². The highest BCUT2D eigenvalue weighted by atomic mass is 16.2. The summed E-state index contributed by atoms with van der Waals surface area (Å²) >= 11 is 0. The summed E-state index contributed by atoms with van der Waals surface area (Å²) in [7, 11) is 0. The summed E-state index contributed by atoms with van der Waals surface area (Å²) in [4.78, 5) is 43.9. The van der Waals surface area contributed by atoms with Gasteiger partial charge in [0, 0.05) is 6.20 Å². The van der Waals surface area contributed by atoms with Gasteiger partial charge in [0.05, 0.1) is 11.9 Å². The number of nitrogens with one attached hydrogen (secondary N) is 1. The minimum absolute atomic E-state index is 0.120. The quantitative estimate of drug-likeness (QED) is 0.661. The van der Waals surface area contributed by atoms with Gasteiger partial charge in [0.1, 0.15) is 18.3 Å². The van der Waals surface area contributed by atoms with Crippen LogP contribution in [-0.2, 0) is 9.59 Å². The Morgan fingerprint density at radius 2 is 2.11 bits per heavy atom. The zero-order valence-electron chi connectivity index (χ0n) is 10.0. The first-order valence-corrected chi connectivity index (χ1v) is 5.42. The van der Waals surface area contributed by atoms with E-state index in [1.807, 2.05) is 0 Å². The molecule has 1 aliphatic heterocycles. The standard InChI is InChI=1S/C11H12N4O3/c1-6-3-13-8(4-12-6)11(18)15-5-9(16)14-10(17)7(15)2/h3-4,7H,5H2,1-2H3,(H,14,16,17). The Morgan fingerprint density at radius 3 is 2.72 bits per heavy atom. The normalized spacial score (nSPS) is 19.7. The van der Waals surface area contributed by atoms with Gasteiger partial charge in [0.15, 0.2) is 0 Å². The van der Waals surface area contributed by atoms with Gasteiger partial charge in [-0.1, -0.05) is 0 Å². The van der Waals surface area contributed by atoms with E-state index in [4.69, 9.17) is 0 Å². The summed E-state index contributed by atoms with van der Waals surface area (Å²) in [6.45, 7) is 3.16. The average molecular weight is 248 g/mol. The van der Waals surface area contributed by atoms with Gasteiger partial charge < -0.3 is 4.90 Å². The lowest BCUT2D eigenvalue weighted by atomic mass is 10.2. The molecule has 1 unspecified atom stereocenters. The number of hydrogen-bond acceptors (Lipinski definition) is 5. The van der Waals surface area contributed by atoms with Crippen molar-refractivity contribution < 1.29 is 14.4 Å². The molecule has 18 heavy (non-hydrogen) atoms. The zero-order chi connectivity index (χ0) is 13.3. The van der Waals surface area contributed by atoms with Gasteiger partial charge in [-0.25, -0.2) is 4.98 Å². The fourth-order valence-electron chi connectivity index (χ4n) is 1.61. The molecule has 1 aromatic heterocycles. The molecule has 1 fully saturated rings. The van der Waals surface area contributed by atoms with Crippen LogP contribution < -0.4 is 5.32 Å². The average Bonchev–Trinajstić information content (AvgIpc) is 2.34. The van der Waals surface area contributed by atoms with Gasteiger partial charge >= 0.3 is 0 Å². The van der Waals surface area contributed by atoms with Gasteiger partial charge in [-0.05, 0) is 13.8 Å². The minimum Gasteiger partial charge on any atom is -0.316 e. The van der Waals surface area contributed by atoms with Crippen LogP contribution in [0, 0.1) is 6.92 Å². The van der Waals surface area contributed by atoms with Gasteiger partial charge in [-0.3, -0.25) is 24.7 Å². The molecule has 94 valence electrons. The molecule has 0 spiro atoms. The van der Waals surface area contributed by atoms with Crippen LogP contribution in [0.25, 0.3) is 0 Å². The van der Waals surface area contributed by atoms with Crippen molar-refractivity contribution in [2.75, 3.05) is 6.54 Å². The van der Waals surface area contributed by atoms with Crippen molar-refractivity contribution in [2.24, 2.45) is 0 Å². The first-order valence-electron chi connectivity index (χ1n) is 5.42. The van der Waals surface area contributed by atoms with Crippen LogP contribution in [0.15, 0.2) is 12.4 Å². The van der Waals surface area contributed by atoms with Crippen LogP contribution in [0.3, 0.4) is 0 Å². The van der Waals surface area contributed by atoms with Crippen LogP contribution in [0.2, 0.25) is 0 Å². The van der Waals surface area contributed by atoms with Crippen LogP contribution in [0.1, 0.15) is 23.1 Å². The molecule has 0 aromatic carbocycles. The molecular formula is C11H12N4O3. The number of nitrogens with zero attached hydrogens (tertiary/aromatic N) is 3. The maximum absolute atomic E-state index is 12.1. The van der Waals surface area contributed by atoms with E-state index in [2.05, 4.69) is 15.3 Å². The second kappa shape index (κ2) is 4.52. The number of hydrogen-bond donors (Lipinski definition) is 1. The Morgan fingerprint density at radius 1 is 1.39 bits per heavy atom. The predicted octanol–water partition coefficient (Wildman–Crippen LogP) is -0.728. The van der Waals surface area contributed by atoms with E-state index in [1.54, 1.807) is 13.8 Å². The second-order valence-electron chi connectivity index (χ2n) is 4.06. The maximum atomic E-state index is 12.1. The molecule has 7 heteroatoms. The molecule has 0 aliphatic carbocycles. The van der Waals surface area contributed by atoms with Gasteiger partial charge in [-0.2, -0.15) is 0 Å². The van der Waals surface area contributed by atoms with Gasteiger partial charge in [-0.15, -0.1) is 0 Å². The summed E-state index contributed by atoms with van der Waals surface area (Å²) in [6.07, 6.45) is 2.80. The van der Waals surface area contributed by atoms with Crippen LogP contribution in [-0.4, -0.2) is 45.2 Å². The first kappa shape index (κ1) is 12.2. The summed E-state index contributed by atoms with van der Waals surface area (Å²) in [6, 6.07) is -0.696. The Hall–Kier alpha value is -2.31. The smallest absolute Gasteiger partial charge is 0.275 e. The van der Waals surface area contributed by atoms with E-state index < -0.39 is 23.8 Å². The van der Waals surface area contributed by atoms with E-state index >= 15 is 0 Å². The molecule has 7 nitrogen and oxygen atoms in total. The summed E-state index contributed by atoms with van der Waals surface area (Å²) in [5.74, 6) is -1.45. The molecule has 1 saturated heterocycles. The first-order chi connectivity index (χ1) is 8.49. The van der Waals surface area contributed by atoms with Crippen molar-refractivity contribution >= 4 is 17.7 Å². The third-order valence-electron chi connectivity index (χ3n) is 2.68. The highest BCUT2D eigenvalue weighted by Gasteiger charge is 2.34. The van der Waals surface area contributed by atoms with Crippen molar-refractivity contribution in [3.63, 3.8) is 0 Å². The third-order valence-corrected chi connectivity index (χ3v) is 2.68. The third kappa shape index (κ3) is 2.20. The number of aromatic nitrogens is 2. The fraction of sp³-hybridized carbons (Fsp3) is 0.364. The maximum Gasteiger partial charge on any atom is 0.275 e. The van der Waals surface area contributed by atoms with E-state index in [1.165, 1.54) is 17.3 Å². The summed E-state index contributed by atoms with van der Waals surface area (Å²) < 4.78 is 0. The van der Waals surface area contributed by atoms with E-state index in [-0.39, 0.29) is 12.2 Å². The van der Waals surface area contributed by atoms with Crippen LogP contribution >= 0.6 is 0 Å². The van der Waals surface area contributed by atoms with Crippen molar-refractivity contribution in [3.05, 3.63) is 23.8 Å². The van der Waals surface area contributed by atoms with Gasteiger partial charge in [0.2, 0.25) is 11.8 Å². The number of carbonyl (C=O) groups excluding carboxylic acids is 3. The number of aryl methyl sites for hydroxylation is 1. The number of amides is 3. The van der Waals surface area contributed by atoms with Crippen LogP contribution in [0.4, 0.5) is 0 Å². The number of piperazine rings is 1. The van der Waals surface area contributed by atoms with E-state index in [0.29, 0.717) is 5.69 Å². The summed E-state index contributed by atoms with van der Waals surface area (Å²) in [5, 5.41) is 2.17. The number of carbonyl (C=O) groups is 3. The lowest BCUT2D eigenvalue weighted by Gasteiger charge is -2.31. The Balaban J connectivity index is 2.24.